The molecule has 2 rings (SSSR count). The molecule has 1 aromatic carbocycles. The van der Waals surface area contributed by atoms with Crippen molar-refractivity contribution in [2.75, 3.05) is 11.9 Å². The molecule has 1 unspecified atom stereocenters. The molecule has 20 heavy (non-hydrogen) atoms. The molecule has 0 bridgehead atoms. The minimum Gasteiger partial charge on any atom is -0.424 e. The molecule has 108 valence electrons. The predicted octanol–water partition coefficient (Wildman–Crippen LogP) is 2.55. The predicted molar refractivity (Wildman–Crippen MR) is 74.6 cm³/mol. The van der Waals surface area contributed by atoms with Crippen LogP contribution in [0.15, 0.2) is 22.6 Å². The Hall–Kier alpha value is -2.15. The molecule has 1 atom stereocenters. The number of oxazole rings is 1. The van der Waals surface area contributed by atoms with Gasteiger partial charge < -0.3 is 14.8 Å². The van der Waals surface area contributed by atoms with E-state index in [0.717, 1.165) is 6.42 Å². The molecule has 2 aromatic rings. The van der Waals surface area contributed by atoms with Crippen LogP contribution >= 0.6 is 0 Å². The fourth-order valence-electron chi connectivity index (χ4n) is 2.01. The smallest absolute Gasteiger partial charge is 0.295 e. The molecule has 0 saturated heterocycles. The third-order valence-corrected chi connectivity index (χ3v) is 2.89. The zero-order valence-corrected chi connectivity index (χ0v) is 11.4. The molecule has 1 aromatic heterocycles. The molecule has 2 N–H and O–H groups in total. The molecule has 1 heterocycles. The Balaban J connectivity index is 2.20. The van der Waals surface area contributed by atoms with Crippen LogP contribution in [0.1, 0.15) is 20.3 Å². The highest BCUT2D eigenvalue weighted by molar-refractivity contribution is 5.77. The Labute approximate surface area is 115 Å². The number of nitrogens with one attached hydrogen (secondary N) is 1. The summed E-state index contributed by atoms with van der Waals surface area (Å²) in [6, 6.07) is 4.36. The fraction of sp³-hybridized carbons (Fsp3) is 0.462. The van der Waals surface area contributed by atoms with Crippen molar-refractivity contribution in [3.8, 4) is 0 Å². The number of aliphatic hydroxyl groups is 1. The van der Waals surface area contributed by atoms with Crippen molar-refractivity contribution < 1.29 is 14.4 Å². The molecular weight excluding hydrogens is 262 g/mol. The number of hydrogen-bond donors (Lipinski definition) is 2. The number of nitrogens with zero attached hydrogens (tertiary/aromatic N) is 2. The van der Waals surface area contributed by atoms with Gasteiger partial charge in [-0.25, -0.2) is 0 Å². The average Bonchev–Trinajstić information content (AvgIpc) is 2.78. The lowest BCUT2D eigenvalue weighted by molar-refractivity contribution is -0.384. The van der Waals surface area contributed by atoms with Gasteiger partial charge in [-0.3, -0.25) is 10.1 Å². The van der Waals surface area contributed by atoms with Gasteiger partial charge in [0.2, 0.25) is 0 Å². The van der Waals surface area contributed by atoms with Crippen LogP contribution < -0.4 is 5.32 Å². The van der Waals surface area contributed by atoms with E-state index in [1.807, 2.05) is 0 Å². The Morgan fingerprint density at radius 1 is 1.50 bits per heavy atom. The van der Waals surface area contributed by atoms with Gasteiger partial charge in [0.1, 0.15) is 5.52 Å². The van der Waals surface area contributed by atoms with Gasteiger partial charge in [0.25, 0.3) is 11.7 Å². The zero-order chi connectivity index (χ0) is 14.7. The van der Waals surface area contributed by atoms with Crippen LogP contribution in [0.4, 0.5) is 11.7 Å². The van der Waals surface area contributed by atoms with Crippen molar-refractivity contribution in [3.05, 3.63) is 28.3 Å². The molecule has 0 aliphatic rings. The van der Waals surface area contributed by atoms with Crippen molar-refractivity contribution in [2.24, 2.45) is 5.92 Å². The lowest BCUT2D eigenvalue weighted by Gasteiger charge is -2.16. The maximum Gasteiger partial charge on any atom is 0.295 e. The highest BCUT2D eigenvalue weighted by Crippen LogP contribution is 2.24. The molecule has 7 heteroatoms. The van der Waals surface area contributed by atoms with Crippen LogP contribution in [-0.4, -0.2) is 27.7 Å². The SMILES string of the molecule is CC(C)CC(CO)Nc1nc2cc([N+](=O)[O-])ccc2o1. The van der Waals surface area contributed by atoms with Gasteiger partial charge in [0.15, 0.2) is 5.58 Å². The van der Waals surface area contributed by atoms with Crippen LogP contribution in [0.2, 0.25) is 0 Å². The van der Waals surface area contributed by atoms with Crippen LogP contribution in [0.25, 0.3) is 11.1 Å². The van der Waals surface area contributed by atoms with Gasteiger partial charge in [0, 0.05) is 12.1 Å². The lowest BCUT2D eigenvalue weighted by Crippen LogP contribution is -2.25. The minimum absolute atomic E-state index is 0.0294. The van der Waals surface area contributed by atoms with Crippen molar-refractivity contribution in [1.82, 2.24) is 4.98 Å². The first-order valence-corrected chi connectivity index (χ1v) is 6.42. The number of aromatic nitrogens is 1. The van der Waals surface area contributed by atoms with Crippen molar-refractivity contribution in [3.63, 3.8) is 0 Å². The summed E-state index contributed by atoms with van der Waals surface area (Å²) >= 11 is 0. The normalized spacial score (nSPS) is 12.8. The van der Waals surface area contributed by atoms with Crippen LogP contribution in [-0.2, 0) is 0 Å². The zero-order valence-electron chi connectivity index (χ0n) is 11.4. The molecule has 0 fully saturated rings. The van der Waals surface area contributed by atoms with E-state index in [4.69, 9.17) is 4.42 Å². The van der Waals surface area contributed by atoms with Crippen molar-refractivity contribution in [1.29, 1.82) is 0 Å². The van der Waals surface area contributed by atoms with Crippen molar-refractivity contribution >= 4 is 22.8 Å². The quantitative estimate of drug-likeness (QED) is 0.622. The average molecular weight is 279 g/mol. The van der Waals surface area contributed by atoms with Gasteiger partial charge in [-0.15, -0.1) is 0 Å². The monoisotopic (exact) mass is 279 g/mol. The van der Waals surface area contributed by atoms with E-state index in [0.29, 0.717) is 17.0 Å². The van der Waals surface area contributed by atoms with E-state index >= 15 is 0 Å². The second kappa shape index (κ2) is 5.87. The maximum absolute atomic E-state index is 10.7. The van der Waals surface area contributed by atoms with E-state index in [2.05, 4.69) is 24.1 Å². The van der Waals surface area contributed by atoms with E-state index in [9.17, 15) is 15.2 Å². The number of nitro groups is 1. The number of anilines is 1. The Morgan fingerprint density at radius 3 is 2.85 bits per heavy atom. The largest absolute Gasteiger partial charge is 0.424 e. The maximum atomic E-state index is 10.7. The molecule has 0 spiro atoms. The third kappa shape index (κ3) is 3.24. The Morgan fingerprint density at radius 2 is 2.25 bits per heavy atom. The molecule has 0 amide bonds. The topological polar surface area (TPSA) is 101 Å². The number of nitro benzene ring substituents is 1. The molecule has 0 aliphatic carbocycles. The summed E-state index contributed by atoms with van der Waals surface area (Å²) in [4.78, 5) is 14.4. The standard InChI is InChI=1S/C13H17N3O4/c1-8(2)5-9(7-17)14-13-15-11-6-10(16(18)19)3-4-12(11)20-13/h3-4,6,8-9,17H,5,7H2,1-2H3,(H,14,15). The molecule has 0 aliphatic heterocycles. The molecule has 0 radical (unpaired) electrons. The van der Waals surface area contributed by atoms with Crippen LogP contribution in [0.3, 0.4) is 0 Å². The van der Waals surface area contributed by atoms with Gasteiger partial charge in [-0.05, 0) is 18.4 Å². The summed E-state index contributed by atoms with van der Waals surface area (Å²) in [6.07, 6.45) is 0.773. The summed E-state index contributed by atoms with van der Waals surface area (Å²) < 4.78 is 5.46. The van der Waals surface area contributed by atoms with Crippen LogP contribution in [0.5, 0.6) is 0 Å². The number of non-ortho nitro benzene ring substituents is 1. The lowest BCUT2D eigenvalue weighted by atomic mass is 10.0. The minimum atomic E-state index is -0.476. The highest BCUT2D eigenvalue weighted by Gasteiger charge is 2.15. The Bertz CT molecular complexity index is 609. The van der Waals surface area contributed by atoms with Gasteiger partial charge in [0.05, 0.1) is 17.6 Å². The van der Waals surface area contributed by atoms with Crippen LogP contribution in [0, 0.1) is 16.0 Å². The van der Waals surface area contributed by atoms with Crippen molar-refractivity contribution in [2.45, 2.75) is 26.3 Å². The molecule has 0 saturated carbocycles. The number of fused-ring (bicyclic) bond motifs is 1. The van der Waals surface area contributed by atoms with Gasteiger partial charge >= 0.3 is 0 Å². The number of hydrogen-bond acceptors (Lipinski definition) is 6. The molecular formula is C13H17N3O4. The van der Waals surface area contributed by atoms with E-state index in [1.165, 1.54) is 18.2 Å². The number of benzene rings is 1. The second-order valence-corrected chi connectivity index (χ2v) is 5.08. The van der Waals surface area contributed by atoms with Gasteiger partial charge in [-0.1, -0.05) is 13.8 Å². The summed E-state index contributed by atoms with van der Waals surface area (Å²) in [7, 11) is 0. The number of rotatable bonds is 6. The van der Waals surface area contributed by atoms with Gasteiger partial charge in [-0.2, -0.15) is 4.98 Å². The third-order valence-electron chi connectivity index (χ3n) is 2.89. The van der Waals surface area contributed by atoms with E-state index in [1.54, 1.807) is 0 Å². The number of aliphatic hydroxyl groups excluding tert-OH is 1. The highest BCUT2D eigenvalue weighted by atomic mass is 16.6. The first kappa shape index (κ1) is 14.3. The van der Waals surface area contributed by atoms with E-state index < -0.39 is 4.92 Å². The van der Waals surface area contributed by atoms with E-state index in [-0.39, 0.29) is 24.4 Å². The first-order chi connectivity index (χ1) is 9.49. The fourth-order valence-corrected chi connectivity index (χ4v) is 2.01. The Kier molecular flexibility index (Phi) is 4.19. The summed E-state index contributed by atoms with van der Waals surface area (Å²) in [5.74, 6) is 0.421. The summed E-state index contributed by atoms with van der Waals surface area (Å²) in [5.41, 5.74) is 0.862. The second-order valence-electron chi connectivity index (χ2n) is 5.08. The summed E-state index contributed by atoms with van der Waals surface area (Å²) in [5, 5.41) is 23.0. The first-order valence-electron chi connectivity index (χ1n) is 6.42. The summed E-state index contributed by atoms with van der Waals surface area (Å²) in [6.45, 7) is 4.08. The molecule has 7 nitrogen and oxygen atoms in total.